The van der Waals surface area contributed by atoms with Crippen LogP contribution in [-0.2, 0) is 10.9 Å². The molecule has 2 saturated heterocycles. The molecule has 196 valence electrons. The fraction of sp³-hybridized carbons (Fsp3) is 0.500. The lowest BCUT2D eigenvalue weighted by Gasteiger charge is -2.39. The molecular weight excluding hydrogens is 479 g/mol. The normalized spacial score (nSPS) is 20.4. The molecule has 1 atom stereocenters. The Morgan fingerprint density at radius 1 is 1.11 bits per heavy atom. The molecule has 0 aliphatic carbocycles. The molecule has 0 spiro atoms. The van der Waals surface area contributed by atoms with Crippen molar-refractivity contribution in [1.29, 1.82) is 0 Å². The first-order chi connectivity index (χ1) is 17.8. The molecule has 0 radical (unpaired) electrons. The summed E-state index contributed by atoms with van der Waals surface area (Å²) in [7, 11) is 0. The number of pyridine rings is 1. The van der Waals surface area contributed by atoms with Crippen molar-refractivity contribution in [3.05, 3.63) is 53.5 Å². The van der Waals surface area contributed by atoms with Crippen molar-refractivity contribution in [2.45, 2.75) is 63.6 Å². The largest absolute Gasteiger partial charge is 0.420 e. The maximum atomic E-state index is 13.9. The molecule has 3 aromatic heterocycles. The van der Waals surface area contributed by atoms with E-state index in [4.69, 9.17) is 4.74 Å². The number of nitrogens with zero attached hydrogens (tertiary/aromatic N) is 4. The van der Waals surface area contributed by atoms with Crippen LogP contribution in [0.2, 0.25) is 0 Å². The summed E-state index contributed by atoms with van der Waals surface area (Å²) in [6.07, 6.45) is 2.82. The van der Waals surface area contributed by atoms with Gasteiger partial charge in [-0.15, -0.1) is 0 Å². The Morgan fingerprint density at radius 3 is 2.62 bits per heavy atom. The number of aromatic nitrogens is 4. The molecule has 1 unspecified atom stereocenters. The van der Waals surface area contributed by atoms with E-state index in [1.54, 1.807) is 6.20 Å². The number of halogens is 3. The maximum absolute atomic E-state index is 13.9. The molecule has 0 bridgehead atoms. The number of benzene rings is 1. The quantitative estimate of drug-likeness (QED) is 0.346. The number of ether oxygens (including phenoxy) is 1. The lowest BCUT2D eigenvalue weighted by atomic mass is 9.87. The summed E-state index contributed by atoms with van der Waals surface area (Å²) >= 11 is 0. The minimum atomic E-state index is -4.53. The Morgan fingerprint density at radius 2 is 1.92 bits per heavy atom. The summed E-state index contributed by atoms with van der Waals surface area (Å²) in [5.74, 6) is 0.597. The first kappa shape index (κ1) is 24.4. The first-order valence-corrected chi connectivity index (χ1v) is 13.2. The molecule has 6 rings (SSSR count). The highest BCUT2D eigenvalue weighted by Gasteiger charge is 2.35. The third-order valence-electron chi connectivity index (χ3n) is 8.06. The molecule has 0 amide bonds. The van der Waals surface area contributed by atoms with Gasteiger partial charge in [0.15, 0.2) is 5.65 Å². The number of H-pyrrole nitrogens is 1. The molecule has 9 heteroatoms. The average molecular weight is 512 g/mol. The molecule has 4 aromatic rings. The highest BCUT2D eigenvalue weighted by atomic mass is 19.4. The van der Waals surface area contributed by atoms with Crippen molar-refractivity contribution in [2.24, 2.45) is 0 Å². The van der Waals surface area contributed by atoms with Crippen LogP contribution >= 0.6 is 0 Å². The van der Waals surface area contributed by atoms with Gasteiger partial charge in [-0.25, -0.2) is 9.50 Å². The van der Waals surface area contributed by atoms with Crippen molar-refractivity contribution in [1.82, 2.24) is 24.5 Å². The summed E-state index contributed by atoms with van der Waals surface area (Å²) in [5.41, 5.74) is 3.46. The van der Waals surface area contributed by atoms with E-state index in [0.29, 0.717) is 23.2 Å². The fourth-order valence-corrected chi connectivity index (χ4v) is 6.19. The van der Waals surface area contributed by atoms with Crippen LogP contribution in [0.5, 0.6) is 0 Å². The van der Waals surface area contributed by atoms with Crippen molar-refractivity contribution >= 4 is 16.6 Å². The van der Waals surface area contributed by atoms with Crippen LogP contribution in [0.1, 0.15) is 68.1 Å². The van der Waals surface area contributed by atoms with E-state index in [1.165, 1.54) is 22.6 Å². The first-order valence-electron chi connectivity index (χ1n) is 13.2. The van der Waals surface area contributed by atoms with E-state index >= 15 is 0 Å². The van der Waals surface area contributed by atoms with Gasteiger partial charge in [0.05, 0.1) is 12.3 Å². The van der Waals surface area contributed by atoms with Crippen molar-refractivity contribution in [3.63, 3.8) is 0 Å². The summed E-state index contributed by atoms with van der Waals surface area (Å²) < 4.78 is 48.5. The Balaban J connectivity index is 1.35. The van der Waals surface area contributed by atoms with Crippen LogP contribution in [0.15, 0.2) is 36.8 Å². The van der Waals surface area contributed by atoms with Crippen LogP contribution < -0.4 is 0 Å². The number of nitrogens with one attached hydrogen (secondary N) is 1. The highest BCUT2D eigenvalue weighted by molar-refractivity contribution is 5.92. The number of aromatic amines is 1. The minimum Gasteiger partial charge on any atom is -0.380 e. The summed E-state index contributed by atoms with van der Waals surface area (Å²) in [6, 6.07) is 8.25. The zero-order chi connectivity index (χ0) is 25.7. The number of alkyl halides is 3. The van der Waals surface area contributed by atoms with Crippen molar-refractivity contribution < 1.29 is 17.9 Å². The number of likely N-dealkylation sites (tertiary alicyclic amines) is 1. The molecule has 1 N–H and O–H groups in total. The molecule has 1 aromatic carbocycles. The fourth-order valence-electron chi connectivity index (χ4n) is 6.19. The summed E-state index contributed by atoms with van der Waals surface area (Å²) in [5, 5.41) is 5.08. The smallest absolute Gasteiger partial charge is 0.380 e. The van der Waals surface area contributed by atoms with Gasteiger partial charge < -0.3 is 9.72 Å². The second-order valence-electron chi connectivity index (χ2n) is 10.7. The van der Waals surface area contributed by atoms with Gasteiger partial charge in [-0.3, -0.25) is 4.90 Å². The molecule has 2 aliphatic rings. The van der Waals surface area contributed by atoms with E-state index in [9.17, 15) is 13.2 Å². The van der Waals surface area contributed by atoms with Gasteiger partial charge in [0.1, 0.15) is 11.9 Å². The number of fused-ring (bicyclic) bond motifs is 2. The van der Waals surface area contributed by atoms with Gasteiger partial charge >= 0.3 is 6.18 Å². The Bertz CT molecular complexity index is 1410. The highest BCUT2D eigenvalue weighted by Crippen LogP contribution is 2.41. The Hall–Kier alpha value is -2.91. The van der Waals surface area contributed by atoms with Crippen molar-refractivity contribution in [3.8, 4) is 11.3 Å². The minimum absolute atomic E-state index is 0.118. The van der Waals surface area contributed by atoms with E-state index in [0.717, 1.165) is 68.4 Å². The molecule has 2 fully saturated rings. The second-order valence-corrected chi connectivity index (χ2v) is 10.7. The molecule has 0 saturated carbocycles. The van der Waals surface area contributed by atoms with Crippen LogP contribution in [-0.4, -0.2) is 56.8 Å². The van der Waals surface area contributed by atoms with E-state index in [2.05, 4.69) is 52.0 Å². The van der Waals surface area contributed by atoms with Gasteiger partial charge in [-0.05, 0) is 79.9 Å². The monoisotopic (exact) mass is 511 g/mol. The predicted molar refractivity (Wildman–Crippen MR) is 137 cm³/mol. The van der Waals surface area contributed by atoms with Gasteiger partial charge in [0.2, 0.25) is 0 Å². The molecule has 5 heterocycles. The topological polar surface area (TPSA) is 58.5 Å². The average Bonchev–Trinajstić information content (AvgIpc) is 3.52. The SMILES string of the molecule is CC(C)c1c(-c2cc(C(F)(F)F)c3ncnn3c2)[nH]c2ccc(C3CCN(C4CCCOC4)CC3)cc12. The van der Waals surface area contributed by atoms with Gasteiger partial charge in [-0.2, -0.15) is 18.3 Å². The summed E-state index contributed by atoms with van der Waals surface area (Å²) in [6.45, 7) is 8.05. The molecule has 37 heavy (non-hydrogen) atoms. The van der Waals surface area contributed by atoms with Crippen LogP contribution in [0, 0.1) is 0 Å². The Kier molecular flexibility index (Phi) is 6.23. The predicted octanol–water partition coefficient (Wildman–Crippen LogP) is 6.38. The van der Waals surface area contributed by atoms with Crippen LogP contribution in [0.3, 0.4) is 0 Å². The zero-order valence-electron chi connectivity index (χ0n) is 21.2. The summed E-state index contributed by atoms with van der Waals surface area (Å²) in [4.78, 5) is 9.84. The number of piperidine rings is 1. The van der Waals surface area contributed by atoms with Crippen LogP contribution in [0.25, 0.3) is 27.8 Å². The number of hydrogen-bond acceptors (Lipinski definition) is 4. The second kappa shape index (κ2) is 9.44. The van der Waals surface area contributed by atoms with Gasteiger partial charge in [0.25, 0.3) is 0 Å². The maximum Gasteiger partial charge on any atom is 0.420 e. The lowest BCUT2D eigenvalue weighted by molar-refractivity contribution is -0.136. The van der Waals surface area contributed by atoms with E-state index in [1.807, 2.05) is 0 Å². The van der Waals surface area contributed by atoms with Gasteiger partial charge in [0, 0.05) is 35.3 Å². The zero-order valence-corrected chi connectivity index (χ0v) is 21.2. The molecular formula is C28H32F3N5O. The van der Waals surface area contributed by atoms with Gasteiger partial charge in [-0.1, -0.05) is 19.9 Å². The Labute approximate surface area is 213 Å². The van der Waals surface area contributed by atoms with E-state index < -0.39 is 11.7 Å². The number of rotatable bonds is 4. The third kappa shape index (κ3) is 4.52. The third-order valence-corrected chi connectivity index (χ3v) is 8.06. The lowest BCUT2D eigenvalue weighted by Crippen LogP contribution is -2.45. The molecule has 6 nitrogen and oxygen atoms in total. The number of hydrogen-bond donors (Lipinski definition) is 1. The van der Waals surface area contributed by atoms with Crippen LogP contribution in [0.4, 0.5) is 13.2 Å². The standard InChI is InChI=1S/C28H32F3N5O/c1-17(2)25-22-12-19(18-7-9-35(10-8-18)21-4-3-11-37-15-21)5-6-24(22)34-26(25)20-13-23(28(29,30)31)27-32-16-33-36(27)14-20/h5-6,12-14,16-18,21,34H,3-4,7-11,15H2,1-2H3. The van der Waals surface area contributed by atoms with Crippen molar-refractivity contribution in [2.75, 3.05) is 26.3 Å². The molecule has 2 aliphatic heterocycles. The van der Waals surface area contributed by atoms with E-state index in [-0.39, 0.29) is 11.6 Å².